The Morgan fingerprint density at radius 3 is 1.78 bits per heavy atom. The molecule has 1 heterocycles. The number of hydrogen-bond acceptors (Lipinski definition) is 2. The van der Waals surface area contributed by atoms with E-state index in [0.717, 1.165) is 16.7 Å². The predicted molar refractivity (Wildman–Crippen MR) is 157 cm³/mol. The van der Waals surface area contributed by atoms with Crippen LogP contribution in [0.1, 0.15) is 38.3 Å². The summed E-state index contributed by atoms with van der Waals surface area (Å²) in [5, 5.41) is 15.2. The van der Waals surface area contributed by atoms with Crippen molar-refractivity contribution >= 4 is 29.0 Å². The third-order valence-corrected chi connectivity index (χ3v) is 7.20. The van der Waals surface area contributed by atoms with Crippen LogP contribution in [-0.2, 0) is 5.54 Å². The molecule has 1 aromatic heterocycles. The van der Waals surface area contributed by atoms with Gasteiger partial charge < -0.3 is 5.11 Å². The molecule has 0 amide bonds. The Hall–Kier alpha value is -5.36. The zero-order valence-corrected chi connectivity index (χ0v) is 21.8. The molecule has 6 aromatic rings. The number of carboxylic acid groups (broad SMARTS) is 1. The zero-order valence-electron chi connectivity index (χ0n) is 21.8. The van der Waals surface area contributed by atoms with Gasteiger partial charge in [-0.15, -0.1) is 0 Å². The second-order valence-corrected chi connectivity index (χ2v) is 9.65. The second kappa shape index (κ2) is 10.7. The van der Waals surface area contributed by atoms with Crippen LogP contribution in [0, 0.1) is 11.6 Å². The highest BCUT2D eigenvalue weighted by molar-refractivity contribution is 5.97. The topological polar surface area (TPSA) is 55.1 Å². The first-order valence-electron chi connectivity index (χ1n) is 13.0. The quantitative estimate of drug-likeness (QED) is 0.208. The van der Waals surface area contributed by atoms with Crippen molar-refractivity contribution in [2.45, 2.75) is 5.54 Å². The van der Waals surface area contributed by atoms with E-state index in [4.69, 9.17) is 5.10 Å². The number of carboxylic acids is 1. The van der Waals surface area contributed by atoms with Gasteiger partial charge in [-0.2, -0.15) is 5.10 Å². The highest BCUT2D eigenvalue weighted by Crippen LogP contribution is 2.43. The Balaban J connectivity index is 1.74. The molecule has 0 unspecified atom stereocenters. The van der Waals surface area contributed by atoms with Crippen LogP contribution in [-0.4, -0.2) is 20.9 Å². The van der Waals surface area contributed by atoms with Gasteiger partial charge in [-0.05, 0) is 46.5 Å². The van der Waals surface area contributed by atoms with Crippen LogP contribution in [0.5, 0.6) is 0 Å². The van der Waals surface area contributed by atoms with Gasteiger partial charge in [0.25, 0.3) is 0 Å². The molecule has 0 radical (unpaired) electrons. The lowest BCUT2D eigenvalue weighted by Crippen LogP contribution is -2.38. The van der Waals surface area contributed by atoms with Crippen molar-refractivity contribution in [3.05, 3.63) is 173 Å². The minimum atomic E-state index is -1.38. The third-order valence-electron chi connectivity index (χ3n) is 7.20. The molecule has 0 spiro atoms. The van der Waals surface area contributed by atoms with E-state index < -0.39 is 22.9 Å². The maximum atomic E-state index is 15.4. The molecule has 0 fully saturated rings. The fraction of sp³-hybridized carbons (Fsp3) is 0.0286. The maximum absolute atomic E-state index is 15.4. The summed E-state index contributed by atoms with van der Waals surface area (Å²) < 4.78 is 31.0. The van der Waals surface area contributed by atoms with Crippen molar-refractivity contribution < 1.29 is 18.7 Å². The van der Waals surface area contributed by atoms with Gasteiger partial charge in [-0.3, -0.25) is 0 Å². The first-order valence-corrected chi connectivity index (χ1v) is 13.0. The standard InChI is InChI=1S/C35H24F2N2O2/c36-28-18-10-11-24(21-28)19-20-32-30-22-29(34(40)41)31(37)23-33(30)39(38-32)35(25-12-4-1-5-13-25,26-14-6-2-7-15-26)27-16-8-3-9-17-27/h1-23H,(H,40,41)/b20-19+. The number of fused-ring (bicyclic) bond motifs is 1. The maximum Gasteiger partial charge on any atom is 0.338 e. The molecule has 5 aromatic carbocycles. The minimum Gasteiger partial charge on any atom is -0.478 e. The summed E-state index contributed by atoms with van der Waals surface area (Å²) in [4.78, 5) is 11.9. The summed E-state index contributed by atoms with van der Waals surface area (Å²) in [5.41, 5.74) is 2.56. The van der Waals surface area contributed by atoms with Gasteiger partial charge in [0.15, 0.2) is 0 Å². The smallest absolute Gasteiger partial charge is 0.338 e. The summed E-state index contributed by atoms with van der Waals surface area (Å²) >= 11 is 0. The number of halogens is 2. The number of nitrogens with zero attached hydrogens (tertiary/aromatic N) is 2. The fourth-order valence-electron chi connectivity index (χ4n) is 5.39. The van der Waals surface area contributed by atoms with Gasteiger partial charge >= 0.3 is 5.97 Å². The van der Waals surface area contributed by atoms with Crippen LogP contribution in [0.4, 0.5) is 8.78 Å². The van der Waals surface area contributed by atoms with Crippen molar-refractivity contribution in [3.8, 4) is 0 Å². The monoisotopic (exact) mass is 542 g/mol. The number of benzene rings is 5. The van der Waals surface area contributed by atoms with Crippen molar-refractivity contribution in [2.24, 2.45) is 0 Å². The molecule has 200 valence electrons. The van der Waals surface area contributed by atoms with E-state index in [1.54, 1.807) is 29.0 Å². The van der Waals surface area contributed by atoms with E-state index in [1.807, 2.05) is 91.0 Å². The average Bonchev–Trinajstić information content (AvgIpc) is 3.35. The number of aromatic nitrogens is 2. The lowest BCUT2D eigenvalue weighted by Gasteiger charge is -2.37. The minimum absolute atomic E-state index is 0.381. The van der Waals surface area contributed by atoms with E-state index in [0.29, 0.717) is 22.2 Å². The fourth-order valence-corrected chi connectivity index (χ4v) is 5.39. The first-order chi connectivity index (χ1) is 20.0. The summed E-state index contributed by atoms with van der Waals surface area (Å²) in [5.74, 6) is -2.62. The zero-order chi connectivity index (χ0) is 28.4. The number of aromatic carboxylic acids is 1. The van der Waals surface area contributed by atoms with E-state index in [-0.39, 0.29) is 5.82 Å². The summed E-state index contributed by atoms with van der Waals surface area (Å²) in [6.07, 6.45) is 3.40. The predicted octanol–water partition coefficient (Wildman–Crippen LogP) is 8.02. The summed E-state index contributed by atoms with van der Waals surface area (Å²) in [6.45, 7) is 0. The second-order valence-electron chi connectivity index (χ2n) is 9.65. The lowest BCUT2D eigenvalue weighted by atomic mass is 9.77. The molecule has 1 N–H and O–H groups in total. The molecular weight excluding hydrogens is 518 g/mol. The van der Waals surface area contributed by atoms with E-state index in [1.165, 1.54) is 24.3 Å². The van der Waals surface area contributed by atoms with Gasteiger partial charge in [0, 0.05) is 11.5 Å². The Morgan fingerprint density at radius 1 is 0.707 bits per heavy atom. The van der Waals surface area contributed by atoms with Crippen molar-refractivity contribution in [3.63, 3.8) is 0 Å². The largest absolute Gasteiger partial charge is 0.478 e. The Bertz CT molecular complexity index is 1790. The van der Waals surface area contributed by atoms with Crippen LogP contribution in [0.25, 0.3) is 23.1 Å². The molecule has 0 saturated carbocycles. The third kappa shape index (κ3) is 4.59. The molecular formula is C35H24F2N2O2. The van der Waals surface area contributed by atoms with Gasteiger partial charge in [0.1, 0.15) is 17.2 Å². The molecule has 4 nitrogen and oxygen atoms in total. The van der Waals surface area contributed by atoms with E-state index in [2.05, 4.69) is 0 Å². The molecule has 6 heteroatoms. The van der Waals surface area contributed by atoms with E-state index in [9.17, 15) is 14.3 Å². The number of hydrogen-bond donors (Lipinski definition) is 1. The highest BCUT2D eigenvalue weighted by atomic mass is 19.1. The molecule has 41 heavy (non-hydrogen) atoms. The Labute approximate surface area is 235 Å². The van der Waals surface area contributed by atoms with E-state index >= 15 is 4.39 Å². The van der Waals surface area contributed by atoms with Crippen LogP contribution >= 0.6 is 0 Å². The van der Waals surface area contributed by atoms with Gasteiger partial charge in [0.2, 0.25) is 0 Å². The Kier molecular flexibility index (Phi) is 6.73. The lowest BCUT2D eigenvalue weighted by molar-refractivity contribution is 0.0692. The molecule has 6 rings (SSSR count). The molecule has 0 aliphatic heterocycles. The van der Waals surface area contributed by atoms with Crippen molar-refractivity contribution in [2.75, 3.05) is 0 Å². The van der Waals surface area contributed by atoms with Crippen molar-refractivity contribution in [1.29, 1.82) is 0 Å². The van der Waals surface area contributed by atoms with Crippen LogP contribution in [0.15, 0.2) is 127 Å². The van der Waals surface area contributed by atoms with Gasteiger partial charge in [0.05, 0.1) is 16.8 Å². The first kappa shape index (κ1) is 25.9. The summed E-state index contributed by atoms with van der Waals surface area (Å²) in [7, 11) is 0. The molecule has 0 bridgehead atoms. The van der Waals surface area contributed by atoms with Crippen LogP contribution in [0.2, 0.25) is 0 Å². The van der Waals surface area contributed by atoms with Crippen LogP contribution in [0.3, 0.4) is 0 Å². The highest BCUT2D eigenvalue weighted by Gasteiger charge is 2.41. The molecule has 0 saturated heterocycles. The summed E-state index contributed by atoms with van der Waals surface area (Å²) in [6, 6.07) is 38.1. The number of rotatable bonds is 7. The Morgan fingerprint density at radius 2 is 1.27 bits per heavy atom. The normalized spacial score (nSPS) is 11.8. The SMILES string of the molecule is O=C(O)c1cc2c(/C=C/c3cccc(F)c3)nn(C(c3ccccc3)(c3ccccc3)c3ccccc3)c2cc1F. The van der Waals surface area contributed by atoms with Crippen LogP contribution < -0.4 is 0 Å². The number of carbonyl (C=O) groups is 1. The van der Waals surface area contributed by atoms with Crippen molar-refractivity contribution in [1.82, 2.24) is 9.78 Å². The molecule has 0 aliphatic rings. The van der Waals surface area contributed by atoms with Gasteiger partial charge in [-0.1, -0.05) is 109 Å². The molecule has 0 aliphatic carbocycles. The van der Waals surface area contributed by atoms with Gasteiger partial charge in [-0.25, -0.2) is 18.3 Å². The molecule has 0 atom stereocenters. The average molecular weight is 543 g/mol.